The summed E-state index contributed by atoms with van der Waals surface area (Å²) in [5.41, 5.74) is -0.421. The number of carbonyl (C=O) groups is 1. The third-order valence-corrected chi connectivity index (χ3v) is 3.67. The molecular formula is C13H26N2O2. The Kier molecular flexibility index (Phi) is 4.55. The molecule has 4 nitrogen and oxygen atoms in total. The van der Waals surface area contributed by atoms with Crippen LogP contribution < -0.4 is 0 Å². The Morgan fingerprint density at radius 3 is 2.41 bits per heavy atom. The fourth-order valence-electron chi connectivity index (χ4n) is 2.75. The van der Waals surface area contributed by atoms with Crippen LogP contribution >= 0.6 is 0 Å². The van der Waals surface area contributed by atoms with Gasteiger partial charge in [0.2, 0.25) is 0 Å². The smallest absolute Gasteiger partial charge is 0.312 e. The van der Waals surface area contributed by atoms with Crippen molar-refractivity contribution in [3.63, 3.8) is 0 Å². The van der Waals surface area contributed by atoms with E-state index in [4.69, 9.17) is 4.74 Å². The van der Waals surface area contributed by atoms with E-state index < -0.39 is 5.41 Å². The molecule has 0 saturated carbocycles. The second-order valence-corrected chi connectivity index (χ2v) is 6.08. The van der Waals surface area contributed by atoms with Gasteiger partial charge in [0.15, 0.2) is 0 Å². The second kappa shape index (κ2) is 5.36. The Bertz CT molecular complexity index is 277. The van der Waals surface area contributed by atoms with Crippen molar-refractivity contribution < 1.29 is 9.53 Å². The van der Waals surface area contributed by atoms with E-state index >= 15 is 0 Å². The Hall–Kier alpha value is -0.610. The molecule has 1 saturated heterocycles. The molecule has 4 heteroatoms. The molecule has 2 unspecified atom stereocenters. The van der Waals surface area contributed by atoms with E-state index in [1.54, 1.807) is 0 Å². The summed E-state index contributed by atoms with van der Waals surface area (Å²) in [7, 11) is 5.70. The van der Waals surface area contributed by atoms with Crippen molar-refractivity contribution >= 4 is 5.97 Å². The lowest BCUT2D eigenvalue weighted by Crippen LogP contribution is -2.40. The van der Waals surface area contributed by atoms with Crippen molar-refractivity contribution in [3.8, 4) is 0 Å². The van der Waals surface area contributed by atoms with Gasteiger partial charge in [-0.25, -0.2) is 0 Å². The average molecular weight is 242 g/mol. The van der Waals surface area contributed by atoms with Crippen LogP contribution in [-0.2, 0) is 9.53 Å². The van der Waals surface area contributed by atoms with Crippen LogP contribution in [0.25, 0.3) is 0 Å². The maximum absolute atomic E-state index is 11.7. The first kappa shape index (κ1) is 14.5. The van der Waals surface area contributed by atoms with E-state index in [-0.39, 0.29) is 5.97 Å². The van der Waals surface area contributed by atoms with Gasteiger partial charge in [-0.3, -0.25) is 4.79 Å². The first-order chi connectivity index (χ1) is 7.77. The maximum Gasteiger partial charge on any atom is 0.312 e. The Morgan fingerprint density at radius 2 is 2.00 bits per heavy atom. The largest absolute Gasteiger partial charge is 0.469 e. The molecule has 0 radical (unpaired) electrons. The summed E-state index contributed by atoms with van der Waals surface area (Å²) < 4.78 is 4.85. The molecule has 0 bridgehead atoms. The fraction of sp³-hybridized carbons (Fsp3) is 0.923. The predicted molar refractivity (Wildman–Crippen MR) is 68.9 cm³/mol. The highest BCUT2D eigenvalue weighted by Crippen LogP contribution is 2.25. The number of hydrogen-bond donors (Lipinski definition) is 0. The summed E-state index contributed by atoms with van der Waals surface area (Å²) in [6, 6.07) is 0.587. The number of rotatable bonds is 4. The molecule has 0 aliphatic carbocycles. The van der Waals surface area contributed by atoms with E-state index in [1.165, 1.54) is 7.11 Å². The van der Waals surface area contributed by atoms with E-state index in [0.717, 1.165) is 19.6 Å². The van der Waals surface area contributed by atoms with Gasteiger partial charge in [0, 0.05) is 25.7 Å². The van der Waals surface area contributed by atoms with Crippen LogP contribution in [0.3, 0.4) is 0 Å². The van der Waals surface area contributed by atoms with E-state index in [0.29, 0.717) is 12.0 Å². The number of likely N-dealkylation sites (tertiary alicyclic amines) is 1. The maximum atomic E-state index is 11.7. The number of carbonyl (C=O) groups excluding carboxylic acids is 1. The van der Waals surface area contributed by atoms with Crippen molar-refractivity contribution in [2.45, 2.75) is 26.8 Å². The zero-order chi connectivity index (χ0) is 13.2. The Morgan fingerprint density at radius 1 is 1.41 bits per heavy atom. The summed E-state index contributed by atoms with van der Waals surface area (Å²) in [5, 5.41) is 0. The number of nitrogens with zero attached hydrogens (tertiary/aromatic N) is 2. The number of esters is 1. The van der Waals surface area contributed by atoms with Crippen molar-refractivity contribution in [2.75, 3.05) is 40.8 Å². The van der Waals surface area contributed by atoms with Crippen LogP contribution in [0.1, 0.15) is 20.8 Å². The van der Waals surface area contributed by atoms with Gasteiger partial charge in [-0.15, -0.1) is 0 Å². The Labute approximate surface area is 105 Å². The van der Waals surface area contributed by atoms with Crippen molar-refractivity contribution in [1.29, 1.82) is 0 Å². The van der Waals surface area contributed by atoms with E-state index in [9.17, 15) is 4.79 Å². The quantitative estimate of drug-likeness (QED) is 0.690. The summed E-state index contributed by atoms with van der Waals surface area (Å²) in [6.45, 7) is 9.04. The van der Waals surface area contributed by atoms with Gasteiger partial charge in [0.05, 0.1) is 12.5 Å². The monoisotopic (exact) mass is 242 g/mol. The first-order valence-electron chi connectivity index (χ1n) is 6.25. The zero-order valence-electron chi connectivity index (χ0n) is 12.0. The lowest BCUT2D eigenvalue weighted by Gasteiger charge is -2.28. The molecule has 1 aliphatic rings. The number of ether oxygens (including phenoxy) is 1. The number of likely N-dealkylation sites (N-methyl/N-ethyl adjacent to an activating group) is 1. The van der Waals surface area contributed by atoms with Crippen LogP contribution in [0.4, 0.5) is 0 Å². The molecule has 1 rings (SSSR count). The van der Waals surface area contributed by atoms with Gasteiger partial charge in [0.1, 0.15) is 0 Å². The third-order valence-electron chi connectivity index (χ3n) is 3.67. The molecule has 0 aromatic rings. The average Bonchev–Trinajstić information content (AvgIpc) is 2.57. The standard InChI is InChI=1S/C13H26N2O2/c1-10-7-15(8-11(10)14(4)5)9-13(2,3)12(16)17-6/h10-11H,7-9H2,1-6H3. The molecular weight excluding hydrogens is 216 g/mol. The zero-order valence-corrected chi connectivity index (χ0v) is 12.0. The van der Waals surface area contributed by atoms with Gasteiger partial charge in [-0.05, 0) is 33.9 Å². The molecule has 0 N–H and O–H groups in total. The second-order valence-electron chi connectivity index (χ2n) is 6.08. The molecule has 0 amide bonds. The lowest BCUT2D eigenvalue weighted by atomic mass is 9.93. The van der Waals surface area contributed by atoms with Crippen molar-refractivity contribution in [3.05, 3.63) is 0 Å². The normalized spacial score (nSPS) is 26.5. The number of methoxy groups -OCH3 is 1. The highest BCUT2D eigenvalue weighted by Gasteiger charge is 2.37. The van der Waals surface area contributed by atoms with Crippen LogP contribution in [0.2, 0.25) is 0 Å². The first-order valence-corrected chi connectivity index (χ1v) is 6.25. The van der Waals surface area contributed by atoms with Crippen molar-refractivity contribution in [1.82, 2.24) is 9.80 Å². The van der Waals surface area contributed by atoms with Crippen LogP contribution in [-0.4, -0.2) is 62.7 Å². The summed E-state index contributed by atoms with van der Waals surface area (Å²) in [6.07, 6.45) is 0. The van der Waals surface area contributed by atoms with E-state index in [1.807, 2.05) is 13.8 Å². The Balaban J connectivity index is 2.58. The topological polar surface area (TPSA) is 32.8 Å². The van der Waals surface area contributed by atoms with Crippen molar-refractivity contribution in [2.24, 2.45) is 11.3 Å². The molecule has 0 aromatic carbocycles. The van der Waals surface area contributed by atoms with Gasteiger partial charge >= 0.3 is 5.97 Å². The lowest BCUT2D eigenvalue weighted by molar-refractivity contribution is -0.151. The molecule has 2 atom stereocenters. The van der Waals surface area contributed by atoms with Gasteiger partial charge in [0.25, 0.3) is 0 Å². The molecule has 100 valence electrons. The highest BCUT2D eigenvalue weighted by atomic mass is 16.5. The summed E-state index contributed by atoms with van der Waals surface area (Å²) in [5.74, 6) is 0.525. The fourth-order valence-corrected chi connectivity index (χ4v) is 2.75. The van der Waals surface area contributed by atoms with Crippen LogP contribution in [0, 0.1) is 11.3 Å². The molecule has 1 heterocycles. The summed E-state index contributed by atoms with van der Waals surface area (Å²) in [4.78, 5) is 16.3. The van der Waals surface area contributed by atoms with Crippen LogP contribution in [0.15, 0.2) is 0 Å². The molecule has 0 spiro atoms. The summed E-state index contributed by atoms with van der Waals surface area (Å²) >= 11 is 0. The highest BCUT2D eigenvalue weighted by molar-refractivity contribution is 5.76. The van der Waals surface area contributed by atoms with Crippen LogP contribution in [0.5, 0.6) is 0 Å². The minimum Gasteiger partial charge on any atom is -0.469 e. The third kappa shape index (κ3) is 3.42. The van der Waals surface area contributed by atoms with Gasteiger partial charge < -0.3 is 14.5 Å². The molecule has 0 aromatic heterocycles. The van der Waals surface area contributed by atoms with Gasteiger partial charge in [-0.1, -0.05) is 6.92 Å². The number of hydrogen-bond acceptors (Lipinski definition) is 4. The molecule has 1 fully saturated rings. The molecule has 17 heavy (non-hydrogen) atoms. The van der Waals surface area contributed by atoms with Gasteiger partial charge in [-0.2, -0.15) is 0 Å². The minimum atomic E-state index is -0.421. The SMILES string of the molecule is COC(=O)C(C)(C)CN1CC(C)C(N(C)C)C1. The van der Waals surface area contributed by atoms with E-state index in [2.05, 4.69) is 30.8 Å². The predicted octanol–water partition coefficient (Wildman–Crippen LogP) is 1.07. The molecule has 1 aliphatic heterocycles. The minimum absolute atomic E-state index is 0.126.